The maximum Gasteiger partial charge on any atom is 0.325 e. The number of aryl methyl sites for hydroxylation is 1. The van der Waals surface area contributed by atoms with Crippen molar-refractivity contribution < 1.29 is 14.3 Å². The third-order valence-electron chi connectivity index (χ3n) is 4.17. The Hall–Kier alpha value is -2.53. The van der Waals surface area contributed by atoms with Crippen molar-refractivity contribution in [3.05, 3.63) is 51.1 Å². The zero-order chi connectivity index (χ0) is 18.8. The fourth-order valence-corrected chi connectivity index (χ4v) is 3.31. The molecule has 0 fully saturated rings. The lowest BCUT2D eigenvalue weighted by Crippen LogP contribution is -2.19. The van der Waals surface area contributed by atoms with Crippen LogP contribution in [0.5, 0.6) is 5.75 Å². The van der Waals surface area contributed by atoms with E-state index in [2.05, 4.69) is 0 Å². The minimum absolute atomic E-state index is 0.0367. The van der Waals surface area contributed by atoms with Crippen molar-refractivity contribution in [1.82, 2.24) is 4.57 Å². The number of aromatic nitrogens is 1. The van der Waals surface area contributed by atoms with Crippen molar-refractivity contribution in [3.63, 3.8) is 0 Å². The van der Waals surface area contributed by atoms with Crippen LogP contribution < -0.4 is 10.2 Å². The van der Waals surface area contributed by atoms with Gasteiger partial charge in [0.2, 0.25) is 0 Å². The van der Waals surface area contributed by atoms with E-state index in [0.29, 0.717) is 39.2 Å². The summed E-state index contributed by atoms with van der Waals surface area (Å²) in [5, 5.41) is 1.39. The van der Waals surface area contributed by atoms with Gasteiger partial charge in [0.15, 0.2) is 11.2 Å². The van der Waals surface area contributed by atoms with Gasteiger partial charge in [-0.25, -0.2) is 0 Å². The van der Waals surface area contributed by atoms with Crippen LogP contribution in [0.2, 0.25) is 5.02 Å². The number of carbonyl (C=O) groups is 1. The monoisotopic (exact) mass is 373 g/mol. The molecule has 6 heteroatoms. The molecule has 0 N–H and O–H groups in total. The first-order valence-electron chi connectivity index (χ1n) is 8.51. The Morgan fingerprint density at radius 2 is 1.85 bits per heavy atom. The van der Waals surface area contributed by atoms with Gasteiger partial charge in [-0.3, -0.25) is 9.59 Å². The zero-order valence-corrected chi connectivity index (χ0v) is 15.7. The summed E-state index contributed by atoms with van der Waals surface area (Å²) in [7, 11) is 0. The van der Waals surface area contributed by atoms with Crippen LogP contribution in [0.25, 0.3) is 21.8 Å². The second-order valence-electron chi connectivity index (χ2n) is 5.95. The van der Waals surface area contributed by atoms with Crippen LogP contribution in [-0.2, 0) is 16.1 Å². The third kappa shape index (κ3) is 3.15. The lowest BCUT2D eigenvalue weighted by molar-refractivity contribution is -0.143. The molecule has 0 unspecified atom stereocenters. The van der Waals surface area contributed by atoms with E-state index in [1.54, 1.807) is 29.7 Å². The van der Waals surface area contributed by atoms with Crippen LogP contribution in [0.1, 0.15) is 19.4 Å². The molecule has 0 atom stereocenters. The van der Waals surface area contributed by atoms with Crippen LogP contribution >= 0.6 is 11.6 Å². The van der Waals surface area contributed by atoms with E-state index in [4.69, 9.17) is 21.1 Å². The Bertz CT molecular complexity index is 1060. The summed E-state index contributed by atoms with van der Waals surface area (Å²) in [6.45, 7) is 6.17. The number of carbonyl (C=O) groups excluding carboxylic acids is 1. The summed E-state index contributed by atoms with van der Waals surface area (Å²) in [5.74, 6) is 0.0131. The number of ether oxygens (including phenoxy) is 2. The maximum absolute atomic E-state index is 13.0. The average Bonchev–Trinajstić information content (AvgIpc) is 2.60. The molecule has 0 amide bonds. The highest BCUT2D eigenvalue weighted by atomic mass is 35.5. The molecule has 2 aromatic carbocycles. The Morgan fingerprint density at radius 3 is 2.54 bits per heavy atom. The van der Waals surface area contributed by atoms with Gasteiger partial charge in [0.25, 0.3) is 0 Å². The Morgan fingerprint density at radius 1 is 1.12 bits per heavy atom. The summed E-state index contributed by atoms with van der Waals surface area (Å²) in [5.41, 5.74) is 2.02. The van der Waals surface area contributed by atoms with E-state index in [-0.39, 0.29) is 24.5 Å². The molecule has 0 spiro atoms. The summed E-state index contributed by atoms with van der Waals surface area (Å²) in [6.07, 6.45) is 0. The van der Waals surface area contributed by atoms with Crippen molar-refractivity contribution in [1.29, 1.82) is 0 Å². The van der Waals surface area contributed by atoms with Crippen LogP contribution in [0.15, 0.2) is 35.1 Å². The SMILES string of the molecule is CCOC(=O)Cn1c2cc(C)ccc2c(=O)c2ccc(Cl)c(OCC)c21. The summed E-state index contributed by atoms with van der Waals surface area (Å²) in [4.78, 5) is 25.2. The number of benzene rings is 2. The quantitative estimate of drug-likeness (QED) is 0.499. The second kappa shape index (κ2) is 7.38. The molecule has 5 nitrogen and oxygen atoms in total. The smallest absolute Gasteiger partial charge is 0.325 e. The van der Waals surface area contributed by atoms with Crippen LogP contribution in [0, 0.1) is 6.92 Å². The molecule has 3 aromatic rings. The van der Waals surface area contributed by atoms with Gasteiger partial charge < -0.3 is 14.0 Å². The van der Waals surface area contributed by atoms with Gasteiger partial charge in [-0.1, -0.05) is 17.7 Å². The fraction of sp³-hybridized carbons (Fsp3) is 0.300. The molecule has 26 heavy (non-hydrogen) atoms. The molecule has 0 bridgehead atoms. The number of halogens is 1. The van der Waals surface area contributed by atoms with Gasteiger partial charge >= 0.3 is 5.97 Å². The van der Waals surface area contributed by atoms with Gasteiger partial charge in [0.1, 0.15) is 6.54 Å². The first kappa shape index (κ1) is 18.3. The molecule has 3 rings (SSSR count). The van der Waals surface area contributed by atoms with Crippen molar-refractivity contribution in [2.75, 3.05) is 13.2 Å². The highest BCUT2D eigenvalue weighted by molar-refractivity contribution is 6.33. The van der Waals surface area contributed by atoms with Gasteiger partial charge in [-0.05, 0) is 50.6 Å². The van der Waals surface area contributed by atoms with Crippen LogP contribution in [0.3, 0.4) is 0 Å². The minimum Gasteiger partial charge on any atom is -0.490 e. The van der Waals surface area contributed by atoms with E-state index in [0.717, 1.165) is 5.56 Å². The lowest BCUT2D eigenvalue weighted by Gasteiger charge is -2.18. The number of esters is 1. The van der Waals surface area contributed by atoms with E-state index in [9.17, 15) is 9.59 Å². The highest BCUT2D eigenvalue weighted by Gasteiger charge is 2.19. The van der Waals surface area contributed by atoms with Crippen molar-refractivity contribution in [2.45, 2.75) is 27.3 Å². The summed E-state index contributed by atoms with van der Waals surface area (Å²) >= 11 is 6.33. The topological polar surface area (TPSA) is 57.5 Å². The molecule has 0 aliphatic rings. The maximum atomic E-state index is 13.0. The molecular weight excluding hydrogens is 354 g/mol. The van der Waals surface area contributed by atoms with Gasteiger partial charge in [0, 0.05) is 5.39 Å². The van der Waals surface area contributed by atoms with Crippen molar-refractivity contribution in [2.24, 2.45) is 0 Å². The second-order valence-corrected chi connectivity index (χ2v) is 6.35. The molecule has 1 aromatic heterocycles. The highest BCUT2D eigenvalue weighted by Crippen LogP contribution is 2.34. The fourth-order valence-electron chi connectivity index (χ4n) is 3.10. The van der Waals surface area contributed by atoms with Crippen LogP contribution in [0.4, 0.5) is 0 Å². The third-order valence-corrected chi connectivity index (χ3v) is 4.47. The van der Waals surface area contributed by atoms with E-state index in [1.165, 1.54) is 0 Å². The van der Waals surface area contributed by atoms with Crippen molar-refractivity contribution >= 4 is 39.4 Å². The predicted molar refractivity (Wildman–Crippen MR) is 103 cm³/mol. The Labute approximate surface area is 156 Å². The van der Waals surface area contributed by atoms with Gasteiger partial charge in [-0.2, -0.15) is 0 Å². The summed E-state index contributed by atoms with van der Waals surface area (Å²) < 4.78 is 12.6. The van der Waals surface area contributed by atoms with Gasteiger partial charge in [-0.15, -0.1) is 0 Å². The molecule has 1 heterocycles. The minimum atomic E-state index is -0.386. The average molecular weight is 374 g/mol. The molecular formula is C20H20ClNO4. The zero-order valence-electron chi connectivity index (χ0n) is 15.0. The number of hydrogen-bond acceptors (Lipinski definition) is 4. The molecule has 0 saturated carbocycles. The predicted octanol–water partition coefficient (Wildman–Crippen LogP) is 4.08. The standard InChI is InChI=1S/C20H20ClNO4/c1-4-25-17(23)11-22-16-10-12(3)6-7-13(16)19(24)14-8-9-15(21)20(18(14)22)26-5-2/h6-10H,4-5,11H2,1-3H3. The number of nitrogens with zero attached hydrogens (tertiary/aromatic N) is 1. The Kier molecular flexibility index (Phi) is 5.18. The van der Waals surface area contributed by atoms with Crippen molar-refractivity contribution in [3.8, 4) is 5.75 Å². The number of fused-ring (bicyclic) bond motifs is 2. The molecule has 0 aliphatic heterocycles. The summed E-state index contributed by atoms with van der Waals surface area (Å²) in [6, 6.07) is 8.85. The first-order chi connectivity index (χ1) is 12.5. The Balaban J connectivity index is 2.48. The molecule has 0 saturated heterocycles. The van der Waals surface area contributed by atoms with E-state index < -0.39 is 0 Å². The van der Waals surface area contributed by atoms with Gasteiger partial charge in [0.05, 0.1) is 34.7 Å². The van der Waals surface area contributed by atoms with E-state index in [1.807, 2.05) is 26.0 Å². The van der Waals surface area contributed by atoms with E-state index >= 15 is 0 Å². The van der Waals surface area contributed by atoms with Crippen LogP contribution in [-0.4, -0.2) is 23.8 Å². The normalized spacial score (nSPS) is 11.1. The molecule has 136 valence electrons. The largest absolute Gasteiger partial charge is 0.490 e. The first-order valence-corrected chi connectivity index (χ1v) is 8.89. The molecule has 0 radical (unpaired) electrons. The number of pyridine rings is 1. The lowest BCUT2D eigenvalue weighted by atomic mass is 10.1. The number of hydrogen-bond donors (Lipinski definition) is 0. The number of rotatable bonds is 5. The molecule has 0 aliphatic carbocycles.